The predicted molar refractivity (Wildman–Crippen MR) is 101 cm³/mol. The van der Waals surface area contributed by atoms with Gasteiger partial charge in [0.15, 0.2) is 6.61 Å². The molecule has 0 bridgehead atoms. The summed E-state index contributed by atoms with van der Waals surface area (Å²) >= 11 is 0. The number of methoxy groups -OCH3 is 1. The number of nitrogens with zero attached hydrogens (tertiary/aromatic N) is 2. The number of benzene rings is 2. The molecule has 0 aromatic heterocycles. The molecular formula is C21H22N2O4. The average molecular weight is 366 g/mol. The lowest BCUT2D eigenvalue weighted by molar-refractivity contribution is -0.147. The number of ether oxygens (including phenoxy) is 2. The highest BCUT2D eigenvalue weighted by molar-refractivity contribution is 5.95. The van der Waals surface area contributed by atoms with E-state index in [2.05, 4.69) is 0 Å². The number of para-hydroxylation sites is 1. The quantitative estimate of drug-likeness (QED) is 0.637. The minimum absolute atomic E-state index is 0.184. The van der Waals surface area contributed by atoms with E-state index in [0.717, 1.165) is 11.3 Å². The van der Waals surface area contributed by atoms with Crippen molar-refractivity contribution in [3.63, 3.8) is 0 Å². The van der Waals surface area contributed by atoms with Crippen molar-refractivity contribution in [1.82, 2.24) is 0 Å². The Morgan fingerprint density at radius 2 is 1.78 bits per heavy atom. The summed E-state index contributed by atoms with van der Waals surface area (Å²) in [6.07, 6.45) is 0.906. The van der Waals surface area contributed by atoms with Crippen LogP contribution in [0, 0.1) is 11.3 Å². The molecule has 0 aliphatic carbocycles. The Labute approximate surface area is 158 Å². The number of carbonyl (C=O) groups excluding carboxylic acids is 2. The zero-order valence-electron chi connectivity index (χ0n) is 15.3. The Morgan fingerprint density at radius 1 is 1.07 bits per heavy atom. The van der Waals surface area contributed by atoms with Gasteiger partial charge in [0.05, 0.1) is 19.6 Å². The first kappa shape index (κ1) is 20.0. The van der Waals surface area contributed by atoms with E-state index in [0.29, 0.717) is 12.1 Å². The fourth-order valence-electron chi connectivity index (χ4n) is 2.50. The first-order valence-corrected chi connectivity index (χ1v) is 8.65. The van der Waals surface area contributed by atoms with Gasteiger partial charge >= 0.3 is 5.97 Å². The number of esters is 1. The van der Waals surface area contributed by atoms with Gasteiger partial charge in [-0.15, -0.1) is 0 Å². The summed E-state index contributed by atoms with van der Waals surface area (Å²) in [5, 5.41) is 8.79. The molecule has 6 nitrogen and oxygen atoms in total. The second-order valence-electron chi connectivity index (χ2n) is 5.80. The third kappa shape index (κ3) is 6.48. The highest BCUT2D eigenvalue weighted by atomic mass is 16.5. The molecule has 0 radical (unpaired) electrons. The van der Waals surface area contributed by atoms with E-state index in [-0.39, 0.29) is 31.9 Å². The zero-order valence-corrected chi connectivity index (χ0v) is 15.3. The van der Waals surface area contributed by atoms with E-state index in [1.165, 1.54) is 4.90 Å². The Hall–Kier alpha value is -3.33. The molecule has 2 rings (SSSR count). The van der Waals surface area contributed by atoms with Crippen LogP contribution in [-0.2, 0) is 20.7 Å². The summed E-state index contributed by atoms with van der Waals surface area (Å²) in [5.74, 6) is -0.0352. The van der Waals surface area contributed by atoms with Gasteiger partial charge in [0.2, 0.25) is 0 Å². The number of nitriles is 1. The Kier molecular flexibility index (Phi) is 7.86. The van der Waals surface area contributed by atoms with Crippen molar-refractivity contribution in [3.8, 4) is 11.8 Å². The molecule has 0 atom stereocenters. The molecule has 0 fully saturated rings. The van der Waals surface area contributed by atoms with Crippen molar-refractivity contribution in [3.05, 3.63) is 60.2 Å². The van der Waals surface area contributed by atoms with E-state index < -0.39 is 5.97 Å². The molecule has 0 spiro atoms. The Bertz CT molecular complexity index is 782. The largest absolute Gasteiger partial charge is 0.497 e. The summed E-state index contributed by atoms with van der Waals surface area (Å²) in [6.45, 7) is -0.0927. The van der Waals surface area contributed by atoms with E-state index in [1.807, 2.05) is 48.5 Å². The smallest absolute Gasteiger partial charge is 0.306 e. The molecule has 0 unspecified atom stereocenters. The number of aryl methyl sites for hydroxylation is 1. The number of amides is 1. The van der Waals surface area contributed by atoms with Gasteiger partial charge < -0.3 is 14.4 Å². The highest BCUT2D eigenvalue weighted by Crippen LogP contribution is 2.15. The molecule has 0 N–H and O–H groups in total. The van der Waals surface area contributed by atoms with Gasteiger partial charge in [-0.2, -0.15) is 5.26 Å². The molecule has 6 heteroatoms. The van der Waals surface area contributed by atoms with Gasteiger partial charge in [-0.25, -0.2) is 0 Å². The molecule has 0 aliphatic heterocycles. The maximum absolute atomic E-state index is 12.4. The van der Waals surface area contributed by atoms with E-state index >= 15 is 0 Å². The highest BCUT2D eigenvalue weighted by Gasteiger charge is 2.17. The molecule has 2 aromatic rings. The third-order valence-corrected chi connectivity index (χ3v) is 3.95. The summed E-state index contributed by atoms with van der Waals surface area (Å²) < 4.78 is 10.2. The van der Waals surface area contributed by atoms with Crippen molar-refractivity contribution in [2.45, 2.75) is 19.3 Å². The van der Waals surface area contributed by atoms with Crippen LogP contribution < -0.4 is 9.64 Å². The Balaban J connectivity index is 1.84. The third-order valence-electron chi connectivity index (χ3n) is 3.95. The van der Waals surface area contributed by atoms with Gasteiger partial charge in [-0.3, -0.25) is 9.59 Å². The zero-order chi connectivity index (χ0) is 19.5. The van der Waals surface area contributed by atoms with Crippen LogP contribution in [0.1, 0.15) is 18.4 Å². The lowest BCUT2D eigenvalue weighted by Gasteiger charge is -2.21. The summed E-state index contributed by atoms with van der Waals surface area (Å²) in [6, 6.07) is 18.5. The molecular weight excluding hydrogens is 344 g/mol. The van der Waals surface area contributed by atoms with Crippen molar-refractivity contribution in [1.29, 1.82) is 5.26 Å². The van der Waals surface area contributed by atoms with Gasteiger partial charge in [0, 0.05) is 18.7 Å². The molecule has 140 valence electrons. The normalized spacial score (nSPS) is 9.93. The number of hydrogen-bond donors (Lipinski definition) is 0. The fourth-order valence-corrected chi connectivity index (χ4v) is 2.50. The molecule has 0 heterocycles. The van der Waals surface area contributed by atoms with Crippen LogP contribution in [-0.4, -0.2) is 32.1 Å². The van der Waals surface area contributed by atoms with Gasteiger partial charge in [0.1, 0.15) is 5.75 Å². The second kappa shape index (κ2) is 10.6. The van der Waals surface area contributed by atoms with Crippen molar-refractivity contribution in [2.75, 3.05) is 25.2 Å². The van der Waals surface area contributed by atoms with E-state index in [4.69, 9.17) is 14.7 Å². The Morgan fingerprint density at radius 3 is 2.41 bits per heavy atom. The van der Waals surface area contributed by atoms with Gasteiger partial charge in [-0.1, -0.05) is 30.3 Å². The molecule has 0 aliphatic rings. The van der Waals surface area contributed by atoms with Crippen LogP contribution in [0.25, 0.3) is 0 Å². The molecule has 27 heavy (non-hydrogen) atoms. The minimum atomic E-state index is -0.438. The predicted octanol–water partition coefficient (Wildman–Crippen LogP) is 3.12. The van der Waals surface area contributed by atoms with E-state index in [9.17, 15) is 9.59 Å². The fraction of sp³-hybridized carbons (Fsp3) is 0.286. The van der Waals surface area contributed by atoms with Crippen molar-refractivity contribution < 1.29 is 19.1 Å². The van der Waals surface area contributed by atoms with Crippen LogP contribution >= 0.6 is 0 Å². The van der Waals surface area contributed by atoms with Crippen LogP contribution in [0.3, 0.4) is 0 Å². The van der Waals surface area contributed by atoms with Crippen molar-refractivity contribution in [2.24, 2.45) is 0 Å². The lowest BCUT2D eigenvalue weighted by atomic mass is 10.1. The maximum Gasteiger partial charge on any atom is 0.306 e. The summed E-state index contributed by atoms with van der Waals surface area (Å²) in [4.78, 5) is 25.8. The average Bonchev–Trinajstić information content (AvgIpc) is 2.72. The SMILES string of the molecule is COc1ccc(CCC(=O)OCC(=O)N(CCC#N)c2ccccc2)cc1. The standard InChI is InChI=1S/C21H22N2O4/c1-26-19-11-8-17(9-12-19)10-13-21(25)27-16-20(24)23(15-5-14-22)18-6-3-2-4-7-18/h2-4,6-9,11-12H,5,10,13,15-16H2,1H3. The summed E-state index contributed by atoms with van der Waals surface area (Å²) in [5.41, 5.74) is 1.66. The van der Waals surface area contributed by atoms with Gasteiger partial charge in [-0.05, 0) is 36.2 Å². The number of hydrogen-bond acceptors (Lipinski definition) is 5. The molecule has 1 amide bonds. The number of carbonyl (C=O) groups is 2. The molecule has 2 aromatic carbocycles. The first-order chi connectivity index (χ1) is 13.1. The second-order valence-corrected chi connectivity index (χ2v) is 5.80. The van der Waals surface area contributed by atoms with Crippen LogP contribution in [0.2, 0.25) is 0 Å². The van der Waals surface area contributed by atoms with Gasteiger partial charge in [0.25, 0.3) is 5.91 Å². The van der Waals surface area contributed by atoms with E-state index in [1.54, 1.807) is 19.2 Å². The summed E-state index contributed by atoms with van der Waals surface area (Å²) in [7, 11) is 1.60. The monoisotopic (exact) mass is 366 g/mol. The van der Waals surface area contributed by atoms with Crippen LogP contribution in [0.4, 0.5) is 5.69 Å². The topological polar surface area (TPSA) is 79.6 Å². The molecule has 0 saturated heterocycles. The lowest BCUT2D eigenvalue weighted by Crippen LogP contribution is -2.35. The minimum Gasteiger partial charge on any atom is -0.497 e. The maximum atomic E-state index is 12.4. The van der Waals surface area contributed by atoms with Crippen molar-refractivity contribution >= 4 is 17.6 Å². The molecule has 0 saturated carbocycles. The van der Waals surface area contributed by atoms with Crippen LogP contribution in [0.5, 0.6) is 5.75 Å². The first-order valence-electron chi connectivity index (χ1n) is 8.65. The van der Waals surface area contributed by atoms with Crippen LogP contribution in [0.15, 0.2) is 54.6 Å². The number of anilines is 1. The number of rotatable bonds is 9.